The summed E-state index contributed by atoms with van der Waals surface area (Å²) in [6.45, 7) is 0.577. The molecule has 3 aromatic rings. The first kappa shape index (κ1) is 16.0. The number of aromatic nitrogens is 2. The van der Waals surface area contributed by atoms with E-state index in [9.17, 15) is 4.79 Å². The molecule has 1 N–H and O–H groups in total. The Morgan fingerprint density at radius 3 is 2.12 bits per heavy atom. The van der Waals surface area contributed by atoms with Gasteiger partial charge >= 0.3 is 0 Å². The summed E-state index contributed by atoms with van der Waals surface area (Å²) >= 11 is 0. The van der Waals surface area contributed by atoms with Crippen LogP contribution in [0.25, 0.3) is 0 Å². The predicted octanol–water partition coefficient (Wildman–Crippen LogP) is 2.91. The van der Waals surface area contributed by atoms with Gasteiger partial charge in [0.05, 0.1) is 12.6 Å². The number of carbonyl (C=O) groups excluding carboxylic acids is 1. The first-order chi connectivity index (χ1) is 11.7. The van der Waals surface area contributed by atoms with E-state index in [1.807, 2.05) is 49.6 Å². The molecule has 4 heteroatoms. The Labute approximate surface area is 142 Å². The molecule has 0 atom stereocenters. The topological polar surface area (TPSA) is 46.9 Å². The number of aryl methyl sites for hydroxylation is 1. The van der Waals surface area contributed by atoms with E-state index in [1.54, 1.807) is 10.9 Å². The maximum absolute atomic E-state index is 12.2. The van der Waals surface area contributed by atoms with Crippen LogP contribution in [0.3, 0.4) is 0 Å². The number of amides is 1. The fourth-order valence-electron chi connectivity index (χ4n) is 2.83. The largest absolute Gasteiger partial charge is 0.355 e. The lowest BCUT2D eigenvalue weighted by atomic mass is 9.91. The first-order valence-corrected chi connectivity index (χ1v) is 8.06. The summed E-state index contributed by atoms with van der Waals surface area (Å²) < 4.78 is 1.71. The summed E-state index contributed by atoms with van der Waals surface area (Å²) in [5, 5.41) is 7.16. The Bertz CT molecular complexity index is 741. The zero-order valence-corrected chi connectivity index (χ0v) is 13.7. The van der Waals surface area contributed by atoms with E-state index < -0.39 is 0 Å². The van der Waals surface area contributed by atoms with Crippen LogP contribution in [-0.4, -0.2) is 22.2 Å². The monoisotopic (exact) mass is 319 g/mol. The van der Waals surface area contributed by atoms with Crippen molar-refractivity contribution >= 4 is 5.91 Å². The van der Waals surface area contributed by atoms with Gasteiger partial charge in [0.25, 0.3) is 0 Å². The van der Waals surface area contributed by atoms with E-state index in [2.05, 4.69) is 34.7 Å². The Hall–Kier alpha value is -2.88. The predicted molar refractivity (Wildman–Crippen MR) is 94.6 cm³/mol. The van der Waals surface area contributed by atoms with E-state index >= 15 is 0 Å². The number of nitrogens with zero attached hydrogens (tertiary/aromatic N) is 2. The van der Waals surface area contributed by atoms with Gasteiger partial charge in [0, 0.05) is 25.7 Å². The molecule has 0 aliphatic heterocycles. The Kier molecular flexibility index (Phi) is 5.06. The second-order valence-corrected chi connectivity index (χ2v) is 5.88. The SMILES string of the molecule is Cn1cc(CC(=O)NCC(c2ccccc2)c2ccccc2)cn1. The molecule has 0 fully saturated rings. The molecule has 4 nitrogen and oxygen atoms in total. The molecule has 122 valence electrons. The van der Waals surface area contributed by atoms with Crippen LogP contribution < -0.4 is 5.32 Å². The zero-order chi connectivity index (χ0) is 16.8. The van der Waals surface area contributed by atoms with Crippen LogP contribution in [0.15, 0.2) is 73.1 Å². The lowest BCUT2D eigenvalue weighted by Crippen LogP contribution is -2.30. The fourth-order valence-corrected chi connectivity index (χ4v) is 2.83. The highest BCUT2D eigenvalue weighted by atomic mass is 16.1. The second-order valence-electron chi connectivity index (χ2n) is 5.88. The lowest BCUT2D eigenvalue weighted by molar-refractivity contribution is -0.120. The van der Waals surface area contributed by atoms with Crippen LogP contribution >= 0.6 is 0 Å². The summed E-state index contributed by atoms with van der Waals surface area (Å²) in [5.74, 6) is 0.158. The van der Waals surface area contributed by atoms with Crippen LogP contribution in [0.5, 0.6) is 0 Å². The maximum atomic E-state index is 12.2. The minimum absolute atomic E-state index is 0.0138. The maximum Gasteiger partial charge on any atom is 0.224 e. The summed E-state index contributed by atoms with van der Waals surface area (Å²) in [5.41, 5.74) is 3.32. The zero-order valence-electron chi connectivity index (χ0n) is 13.7. The molecule has 24 heavy (non-hydrogen) atoms. The summed E-state index contributed by atoms with van der Waals surface area (Å²) in [6.07, 6.45) is 3.95. The highest BCUT2D eigenvalue weighted by Gasteiger charge is 2.15. The van der Waals surface area contributed by atoms with Crippen molar-refractivity contribution in [1.29, 1.82) is 0 Å². The van der Waals surface area contributed by atoms with E-state index in [1.165, 1.54) is 11.1 Å². The molecule has 0 bridgehead atoms. The average molecular weight is 319 g/mol. The van der Waals surface area contributed by atoms with Gasteiger partial charge < -0.3 is 5.32 Å². The Morgan fingerprint density at radius 1 is 1.04 bits per heavy atom. The minimum atomic E-state index is 0.0138. The van der Waals surface area contributed by atoms with Crippen molar-refractivity contribution < 1.29 is 4.79 Å². The molecule has 0 radical (unpaired) electrons. The van der Waals surface area contributed by atoms with Crippen molar-refractivity contribution in [2.45, 2.75) is 12.3 Å². The molecule has 0 spiro atoms. The van der Waals surface area contributed by atoms with Crippen molar-refractivity contribution in [1.82, 2.24) is 15.1 Å². The van der Waals surface area contributed by atoms with Gasteiger partial charge in [0.15, 0.2) is 0 Å². The van der Waals surface area contributed by atoms with Crippen LogP contribution in [0.2, 0.25) is 0 Å². The van der Waals surface area contributed by atoms with E-state index in [-0.39, 0.29) is 11.8 Å². The fraction of sp³-hybridized carbons (Fsp3) is 0.200. The average Bonchev–Trinajstić information content (AvgIpc) is 3.02. The van der Waals surface area contributed by atoms with Crippen molar-refractivity contribution in [2.75, 3.05) is 6.54 Å². The van der Waals surface area contributed by atoms with Gasteiger partial charge in [-0.2, -0.15) is 5.10 Å². The van der Waals surface area contributed by atoms with Gasteiger partial charge in [-0.15, -0.1) is 0 Å². The number of nitrogens with one attached hydrogen (secondary N) is 1. The molecular formula is C20H21N3O. The third-order valence-corrected chi connectivity index (χ3v) is 4.03. The molecule has 1 amide bonds. The molecule has 0 unspecified atom stereocenters. The van der Waals surface area contributed by atoms with Gasteiger partial charge in [-0.1, -0.05) is 60.7 Å². The molecule has 0 saturated heterocycles. The Balaban J connectivity index is 1.69. The lowest BCUT2D eigenvalue weighted by Gasteiger charge is -2.18. The Morgan fingerprint density at radius 2 is 1.62 bits per heavy atom. The number of hydrogen-bond donors (Lipinski definition) is 1. The summed E-state index contributed by atoms with van der Waals surface area (Å²) in [7, 11) is 1.85. The first-order valence-electron chi connectivity index (χ1n) is 8.06. The number of benzene rings is 2. The van der Waals surface area contributed by atoms with Crippen molar-refractivity contribution in [2.24, 2.45) is 7.05 Å². The summed E-state index contributed by atoms with van der Waals surface area (Å²) in [4.78, 5) is 12.2. The molecule has 0 saturated carbocycles. The second kappa shape index (κ2) is 7.59. The molecule has 0 aliphatic rings. The van der Waals surface area contributed by atoms with Gasteiger partial charge in [0.1, 0.15) is 0 Å². The normalized spacial score (nSPS) is 10.8. The third-order valence-electron chi connectivity index (χ3n) is 4.03. The van der Waals surface area contributed by atoms with Gasteiger partial charge in [-0.05, 0) is 16.7 Å². The number of carbonyl (C=O) groups is 1. The number of hydrogen-bond acceptors (Lipinski definition) is 2. The van der Waals surface area contributed by atoms with E-state index in [0.717, 1.165) is 5.56 Å². The van der Waals surface area contributed by atoms with Crippen molar-refractivity contribution in [3.05, 3.63) is 89.7 Å². The standard InChI is InChI=1S/C20H21N3O/c1-23-15-16(13-22-23)12-20(24)21-14-19(17-8-4-2-5-9-17)18-10-6-3-7-11-18/h2-11,13,15,19H,12,14H2,1H3,(H,21,24). The van der Waals surface area contributed by atoms with Crippen LogP contribution in [0.4, 0.5) is 0 Å². The molecular weight excluding hydrogens is 298 g/mol. The number of rotatable bonds is 6. The highest BCUT2D eigenvalue weighted by Crippen LogP contribution is 2.23. The molecule has 2 aromatic carbocycles. The van der Waals surface area contributed by atoms with Crippen LogP contribution in [-0.2, 0) is 18.3 Å². The van der Waals surface area contributed by atoms with Crippen LogP contribution in [0.1, 0.15) is 22.6 Å². The third kappa shape index (κ3) is 4.10. The summed E-state index contributed by atoms with van der Waals surface area (Å²) in [6, 6.07) is 20.5. The van der Waals surface area contributed by atoms with E-state index in [0.29, 0.717) is 13.0 Å². The molecule has 0 aliphatic carbocycles. The highest BCUT2D eigenvalue weighted by molar-refractivity contribution is 5.78. The van der Waals surface area contributed by atoms with Crippen molar-refractivity contribution in [3.63, 3.8) is 0 Å². The van der Waals surface area contributed by atoms with Gasteiger partial charge in [-0.3, -0.25) is 9.48 Å². The quantitative estimate of drug-likeness (QED) is 0.759. The van der Waals surface area contributed by atoms with E-state index in [4.69, 9.17) is 0 Å². The molecule has 1 aromatic heterocycles. The smallest absolute Gasteiger partial charge is 0.224 e. The van der Waals surface area contributed by atoms with Crippen molar-refractivity contribution in [3.8, 4) is 0 Å². The molecule has 1 heterocycles. The van der Waals surface area contributed by atoms with Crippen LogP contribution in [0, 0.1) is 0 Å². The molecule has 3 rings (SSSR count). The van der Waals surface area contributed by atoms with Gasteiger partial charge in [0.2, 0.25) is 5.91 Å². The minimum Gasteiger partial charge on any atom is -0.355 e. The van der Waals surface area contributed by atoms with Gasteiger partial charge in [-0.25, -0.2) is 0 Å².